The number of hydrogen-bond donors (Lipinski definition) is 1. The molecule has 0 radical (unpaired) electrons. The number of methoxy groups -OCH3 is 1. The fourth-order valence-corrected chi connectivity index (χ4v) is 1.63. The Morgan fingerprint density at radius 3 is 3.08 bits per heavy atom. The van der Waals surface area contributed by atoms with Crippen molar-refractivity contribution in [3.63, 3.8) is 0 Å². The third-order valence-corrected chi connectivity index (χ3v) is 2.30. The van der Waals surface area contributed by atoms with Crippen molar-refractivity contribution in [3.05, 3.63) is 35.4 Å². The number of carbonyl (C=O) groups excluding carboxylic acids is 1. The molecule has 2 rings (SSSR count). The van der Waals surface area contributed by atoms with Gasteiger partial charge in [0.25, 0.3) is 0 Å². The minimum atomic E-state index is -0.277. The van der Waals surface area contributed by atoms with Crippen LogP contribution in [0.5, 0.6) is 0 Å². The molecule has 1 atom stereocenters. The predicted molar refractivity (Wildman–Crippen MR) is 48.0 cm³/mol. The Morgan fingerprint density at radius 2 is 2.31 bits per heavy atom. The molecule has 13 heavy (non-hydrogen) atoms. The number of benzene rings is 1. The van der Waals surface area contributed by atoms with E-state index in [0.29, 0.717) is 0 Å². The van der Waals surface area contributed by atoms with Gasteiger partial charge in [-0.3, -0.25) is 5.32 Å². The van der Waals surface area contributed by atoms with E-state index in [9.17, 15) is 4.79 Å². The van der Waals surface area contributed by atoms with E-state index in [-0.39, 0.29) is 12.0 Å². The molecule has 68 valence electrons. The fourth-order valence-electron chi connectivity index (χ4n) is 1.63. The molecular formula is C10H11NO2. The summed E-state index contributed by atoms with van der Waals surface area (Å²) < 4.78 is 4.69. The van der Waals surface area contributed by atoms with E-state index in [4.69, 9.17) is 0 Å². The van der Waals surface area contributed by atoms with Gasteiger partial charge in [-0.1, -0.05) is 24.3 Å². The van der Waals surface area contributed by atoms with E-state index in [0.717, 1.165) is 12.1 Å². The lowest BCUT2D eigenvalue weighted by atomic mass is 10.1. The summed E-state index contributed by atoms with van der Waals surface area (Å²) >= 11 is 0. The Hall–Kier alpha value is -1.35. The van der Waals surface area contributed by atoms with Gasteiger partial charge in [0.1, 0.15) is 6.04 Å². The van der Waals surface area contributed by atoms with Crippen molar-refractivity contribution in [3.8, 4) is 0 Å². The molecule has 0 aromatic heterocycles. The van der Waals surface area contributed by atoms with Gasteiger partial charge < -0.3 is 4.74 Å². The Bertz CT molecular complexity index is 335. The van der Waals surface area contributed by atoms with Gasteiger partial charge in [-0.25, -0.2) is 4.79 Å². The van der Waals surface area contributed by atoms with E-state index in [1.165, 1.54) is 12.7 Å². The highest BCUT2D eigenvalue weighted by Crippen LogP contribution is 2.25. The zero-order valence-electron chi connectivity index (χ0n) is 7.41. The van der Waals surface area contributed by atoms with Crippen LogP contribution in [0, 0.1) is 0 Å². The highest BCUT2D eigenvalue weighted by Gasteiger charge is 2.27. The second-order valence-corrected chi connectivity index (χ2v) is 3.04. The van der Waals surface area contributed by atoms with Crippen molar-refractivity contribution in [2.24, 2.45) is 0 Å². The zero-order chi connectivity index (χ0) is 9.26. The number of fused-ring (bicyclic) bond motifs is 1. The predicted octanol–water partition coefficient (Wildman–Crippen LogP) is 1.00. The van der Waals surface area contributed by atoms with Gasteiger partial charge in [0.05, 0.1) is 7.11 Å². The van der Waals surface area contributed by atoms with Crippen molar-refractivity contribution < 1.29 is 9.53 Å². The summed E-state index contributed by atoms with van der Waals surface area (Å²) in [7, 11) is 1.41. The second kappa shape index (κ2) is 3.18. The first-order valence-corrected chi connectivity index (χ1v) is 4.22. The van der Waals surface area contributed by atoms with Gasteiger partial charge in [0.15, 0.2) is 0 Å². The van der Waals surface area contributed by atoms with Gasteiger partial charge in [-0.05, 0) is 11.1 Å². The molecule has 0 aliphatic carbocycles. The van der Waals surface area contributed by atoms with Gasteiger partial charge in [-0.15, -0.1) is 0 Å². The van der Waals surface area contributed by atoms with E-state index in [1.54, 1.807) is 0 Å². The van der Waals surface area contributed by atoms with Crippen LogP contribution in [0.3, 0.4) is 0 Å². The first-order chi connectivity index (χ1) is 6.33. The molecule has 0 saturated heterocycles. The molecule has 0 saturated carbocycles. The fraction of sp³-hybridized carbons (Fsp3) is 0.300. The lowest BCUT2D eigenvalue weighted by Crippen LogP contribution is -2.22. The Morgan fingerprint density at radius 1 is 1.54 bits per heavy atom. The minimum absolute atomic E-state index is 0.218. The summed E-state index contributed by atoms with van der Waals surface area (Å²) in [5, 5.41) is 3.10. The molecule has 0 amide bonds. The third-order valence-electron chi connectivity index (χ3n) is 2.30. The maximum Gasteiger partial charge on any atom is 0.327 e. The molecule has 1 aromatic rings. The number of rotatable bonds is 1. The highest BCUT2D eigenvalue weighted by molar-refractivity contribution is 5.79. The molecule has 0 bridgehead atoms. The van der Waals surface area contributed by atoms with Crippen molar-refractivity contribution >= 4 is 5.97 Å². The molecule has 3 heteroatoms. The molecular weight excluding hydrogens is 166 g/mol. The van der Waals surface area contributed by atoms with Crippen LogP contribution in [-0.4, -0.2) is 13.1 Å². The molecule has 0 spiro atoms. The van der Waals surface area contributed by atoms with Crippen LogP contribution in [0.15, 0.2) is 24.3 Å². The molecule has 1 heterocycles. The number of esters is 1. The molecule has 1 aliphatic rings. The van der Waals surface area contributed by atoms with Gasteiger partial charge in [-0.2, -0.15) is 0 Å². The van der Waals surface area contributed by atoms with E-state index in [1.807, 2.05) is 24.3 Å². The maximum absolute atomic E-state index is 11.3. The normalized spacial score (nSPS) is 19.6. The van der Waals surface area contributed by atoms with Crippen molar-refractivity contribution in [1.82, 2.24) is 5.32 Å². The van der Waals surface area contributed by atoms with E-state index in [2.05, 4.69) is 10.1 Å². The largest absolute Gasteiger partial charge is 0.468 e. The summed E-state index contributed by atoms with van der Waals surface area (Å²) in [5.74, 6) is -0.218. The van der Waals surface area contributed by atoms with Gasteiger partial charge in [0.2, 0.25) is 0 Å². The first kappa shape index (κ1) is 8.26. The maximum atomic E-state index is 11.3. The Balaban J connectivity index is 2.33. The van der Waals surface area contributed by atoms with Crippen LogP contribution in [-0.2, 0) is 16.1 Å². The van der Waals surface area contributed by atoms with Crippen molar-refractivity contribution in [2.75, 3.05) is 7.11 Å². The van der Waals surface area contributed by atoms with Crippen LogP contribution in [0.25, 0.3) is 0 Å². The summed E-state index contributed by atoms with van der Waals surface area (Å²) in [6.45, 7) is 0.746. The molecule has 1 aromatic carbocycles. The lowest BCUT2D eigenvalue weighted by molar-refractivity contribution is -0.143. The van der Waals surface area contributed by atoms with Crippen molar-refractivity contribution in [1.29, 1.82) is 0 Å². The van der Waals surface area contributed by atoms with E-state index >= 15 is 0 Å². The van der Waals surface area contributed by atoms with Crippen LogP contribution in [0.1, 0.15) is 17.2 Å². The van der Waals surface area contributed by atoms with E-state index < -0.39 is 0 Å². The monoisotopic (exact) mass is 177 g/mol. The molecule has 1 aliphatic heterocycles. The van der Waals surface area contributed by atoms with Gasteiger partial charge >= 0.3 is 5.97 Å². The second-order valence-electron chi connectivity index (χ2n) is 3.04. The summed E-state index contributed by atoms with van der Waals surface area (Å²) in [6.07, 6.45) is 0. The standard InChI is InChI=1S/C10H11NO2/c1-13-10(12)9-8-5-3-2-4-7(8)6-11-9/h2-5,9,11H,6H2,1H3/t9-/m1/s1. The number of carbonyl (C=O) groups is 1. The summed E-state index contributed by atoms with van der Waals surface area (Å²) in [5.41, 5.74) is 2.22. The lowest BCUT2D eigenvalue weighted by Gasteiger charge is -2.08. The highest BCUT2D eigenvalue weighted by atomic mass is 16.5. The van der Waals surface area contributed by atoms with Crippen LogP contribution < -0.4 is 5.32 Å². The number of ether oxygens (including phenoxy) is 1. The third kappa shape index (κ3) is 1.31. The average molecular weight is 177 g/mol. The van der Waals surface area contributed by atoms with Gasteiger partial charge in [0, 0.05) is 6.54 Å². The number of nitrogens with one attached hydrogen (secondary N) is 1. The molecule has 0 fully saturated rings. The van der Waals surface area contributed by atoms with Crippen LogP contribution >= 0.6 is 0 Å². The molecule has 3 nitrogen and oxygen atoms in total. The Labute approximate surface area is 76.7 Å². The zero-order valence-corrected chi connectivity index (χ0v) is 7.41. The van der Waals surface area contributed by atoms with Crippen molar-refractivity contribution in [2.45, 2.75) is 12.6 Å². The van der Waals surface area contributed by atoms with Crippen LogP contribution in [0.4, 0.5) is 0 Å². The minimum Gasteiger partial charge on any atom is -0.468 e. The molecule has 1 N–H and O–H groups in total. The topological polar surface area (TPSA) is 38.3 Å². The smallest absolute Gasteiger partial charge is 0.327 e. The van der Waals surface area contributed by atoms with Crippen LogP contribution in [0.2, 0.25) is 0 Å². The SMILES string of the molecule is COC(=O)[C@@H]1NCc2ccccc21. The molecule has 0 unspecified atom stereocenters. The summed E-state index contributed by atoms with van der Waals surface area (Å²) in [6, 6.07) is 7.60. The average Bonchev–Trinajstić information content (AvgIpc) is 2.60. The summed E-state index contributed by atoms with van der Waals surface area (Å²) in [4.78, 5) is 11.3. The first-order valence-electron chi connectivity index (χ1n) is 4.22. The number of hydrogen-bond acceptors (Lipinski definition) is 3. The quantitative estimate of drug-likeness (QED) is 0.650. The Kier molecular flexibility index (Phi) is 2.02.